The number of carbonyl (C=O) groups excluding carboxylic acids is 2. The molecule has 6 nitrogen and oxygen atoms in total. The molecule has 3 rings (SSSR count). The van der Waals surface area contributed by atoms with Gasteiger partial charge in [0.15, 0.2) is 0 Å². The van der Waals surface area contributed by atoms with E-state index in [0.29, 0.717) is 24.3 Å². The summed E-state index contributed by atoms with van der Waals surface area (Å²) in [6.07, 6.45) is 4.64. The van der Waals surface area contributed by atoms with Crippen LogP contribution in [-0.2, 0) is 4.74 Å². The van der Waals surface area contributed by atoms with Crippen molar-refractivity contribution in [2.75, 3.05) is 31.5 Å². The van der Waals surface area contributed by atoms with E-state index >= 15 is 0 Å². The minimum absolute atomic E-state index is 0.0399. The van der Waals surface area contributed by atoms with Crippen molar-refractivity contribution in [3.8, 4) is 0 Å². The van der Waals surface area contributed by atoms with E-state index in [0.717, 1.165) is 25.9 Å². The van der Waals surface area contributed by atoms with Gasteiger partial charge in [0.05, 0.1) is 12.2 Å². The zero-order chi connectivity index (χ0) is 18.5. The van der Waals surface area contributed by atoms with Crippen molar-refractivity contribution >= 4 is 17.6 Å². The Labute approximate surface area is 155 Å². The van der Waals surface area contributed by atoms with Gasteiger partial charge >= 0.3 is 6.03 Å². The van der Waals surface area contributed by atoms with Gasteiger partial charge < -0.3 is 19.9 Å². The third kappa shape index (κ3) is 4.75. The summed E-state index contributed by atoms with van der Waals surface area (Å²) in [5, 5.41) is 2.91. The van der Waals surface area contributed by atoms with Crippen molar-refractivity contribution in [3.63, 3.8) is 0 Å². The number of rotatable bonds is 2. The Kier molecular flexibility index (Phi) is 6.14. The summed E-state index contributed by atoms with van der Waals surface area (Å²) in [4.78, 5) is 28.8. The van der Waals surface area contributed by atoms with E-state index in [1.54, 1.807) is 29.2 Å². The van der Waals surface area contributed by atoms with Gasteiger partial charge in [-0.3, -0.25) is 4.79 Å². The fourth-order valence-corrected chi connectivity index (χ4v) is 3.70. The lowest BCUT2D eigenvalue weighted by molar-refractivity contribution is -0.0530. The number of benzene rings is 1. The molecule has 2 saturated heterocycles. The molecular weight excluding hydrogens is 330 g/mol. The van der Waals surface area contributed by atoms with Crippen molar-refractivity contribution in [3.05, 3.63) is 29.8 Å². The first-order chi connectivity index (χ1) is 12.5. The molecule has 0 aromatic heterocycles. The van der Waals surface area contributed by atoms with E-state index in [1.807, 2.05) is 18.7 Å². The fraction of sp³-hybridized carbons (Fsp3) is 0.600. The van der Waals surface area contributed by atoms with Gasteiger partial charge in [0.1, 0.15) is 0 Å². The molecule has 2 aliphatic rings. The number of nitrogens with zero attached hydrogens (tertiary/aromatic N) is 2. The van der Waals surface area contributed by atoms with Crippen LogP contribution in [0.2, 0.25) is 0 Å². The summed E-state index contributed by atoms with van der Waals surface area (Å²) < 4.78 is 5.66. The van der Waals surface area contributed by atoms with E-state index < -0.39 is 0 Å². The van der Waals surface area contributed by atoms with E-state index in [4.69, 9.17) is 4.74 Å². The van der Waals surface area contributed by atoms with Gasteiger partial charge in [-0.25, -0.2) is 4.79 Å². The van der Waals surface area contributed by atoms with Crippen molar-refractivity contribution in [1.82, 2.24) is 9.80 Å². The molecule has 1 aromatic carbocycles. The molecule has 6 heteroatoms. The molecule has 26 heavy (non-hydrogen) atoms. The molecule has 1 N–H and O–H groups in total. The van der Waals surface area contributed by atoms with Gasteiger partial charge in [-0.2, -0.15) is 0 Å². The minimum atomic E-state index is -0.126. The maximum absolute atomic E-state index is 12.6. The molecule has 3 amide bonds. The van der Waals surface area contributed by atoms with Gasteiger partial charge in [-0.1, -0.05) is 12.8 Å². The number of anilines is 1. The number of hydrogen-bond acceptors (Lipinski definition) is 3. The first-order valence-corrected chi connectivity index (χ1v) is 9.63. The molecule has 0 aliphatic carbocycles. The van der Waals surface area contributed by atoms with E-state index in [2.05, 4.69) is 5.32 Å². The summed E-state index contributed by atoms with van der Waals surface area (Å²) in [5.74, 6) is 0.0839. The Hall–Kier alpha value is -2.08. The van der Waals surface area contributed by atoms with Gasteiger partial charge in [0.25, 0.3) is 5.91 Å². The van der Waals surface area contributed by atoms with E-state index in [-0.39, 0.29) is 24.1 Å². The van der Waals surface area contributed by atoms with Crippen LogP contribution in [0.15, 0.2) is 24.3 Å². The third-order valence-electron chi connectivity index (χ3n) is 4.98. The molecule has 0 bridgehead atoms. The lowest BCUT2D eigenvalue weighted by Crippen LogP contribution is -2.49. The number of carbonyl (C=O) groups is 2. The van der Waals surface area contributed by atoms with Crippen molar-refractivity contribution in [2.24, 2.45) is 0 Å². The summed E-state index contributed by atoms with van der Waals surface area (Å²) in [6.45, 7) is 6.79. The third-order valence-corrected chi connectivity index (χ3v) is 4.98. The number of hydrogen-bond donors (Lipinski definition) is 1. The monoisotopic (exact) mass is 359 g/mol. The van der Waals surface area contributed by atoms with Crippen molar-refractivity contribution in [2.45, 2.75) is 51.7 Å². The lowest BCUT2D eigenvalue weighted by atomic mass is 10.1. The Bertz CT molecular complexity index is 614. The summed E-state index contributed by atoms with van der Waals surface area (Å²) in [7, 11) is 0. The number of morpholine rings is 1. The molecule has 2 fully saturated rings. The maximum atomic E-state index is 12.6. The summed E-state index contributed by atoms with van der Waals surface area (Å²) in [6, 6.07) is 7.08. The molecular formula is C20H29N3O3. The SMILES string of the molecule is CC1CN(C(=O)Nc2ccc(C(=O)N3CCCCCC3)cc2)CC(C)O1. The highest BCUT2D eigenvalue weighted by Gasteiger charge is 2.26. The Morgan fingerprint density at radius 1 is 0.923 bits per heavy atom. The summed E-state index contributed by atoms with van der Waals surface area (Å²) in [5.41, 5.74) is 1.38. The largest absolute Gasteiger partial charge is 0.372 e. The second-order valence-electron chi connectivity index (χ2n) is 7.38. The second kappa shape index (κ2) is 8.54. The van der Waals surface area contributed by atoms with E-state index in [9.17, 15) is 9.59 Å². The average molecular weight is 359 g/mol. The predicted molar refractivity (Wildman–Crippen MR) is 101 cm³/mol. The molecule has 0 spiro atoms. The summed E-state index contributed by atoms with van der Waals surface area (Å²) >= 11 is 0. The number of likely N-dealkylation sites (tertiary alicyclic amines) is 1. The number of urea groups is 1. The quantitative estimate of drug-likeness (QED) is 0.881. The highest BCUT2D eigenvalue weighted by molar-refractivity contribution is 5.95. The smallest absolute Gasteiger partial charge is 0.322 e. The van der Waals surface area contributed by atoms with Crippen LogP contribution >= 0.6 is 0 Å². The molecule has 142 valence electrons. The average Bonchev–Trinajstić information content (AvgIpc) is 2.90. The second-order valence-corrected chi connectivity index (χ2v) is 7.38. The lowest BCUT2D eigenvalue weighted by Gasteiger charge is -2.35. The van der Waals surface area contributed by atoms with Crippen molar-refractivity contribution in [1.29, 1.82) is 0 Å². The molecule has 2 heterocycles. The highest BCUT2D eigenvalue weighted by atomic mass is 16.5. The molecule has 2 atom stereocenters. The number of nitrogens with one attached hydrogen (secondary N) is 1. The normalized spacial score (nSPS) is 24.1. The Morgan fingerprint density at radius 2 is 1.50 bits per heavy atom. The molecule has 1 aromatic rings. The predicted octanol–water partition coefficient (Wildman–Crippen LogP) is 3.34. The van der Waals surface area contributed by atoms with Crippen LogP contribution in [-0.4, -0.2) is 60.1 Å². The van der Waals surface area contributed by atoms with Gasteiger partial charge in [-0.05, 0) is 51.0 Å². The van der Waals surface area contributed by atoms with Crippen LogP contribution < -0.4 is 5.32 Å². The van der Waals surface area contributed by atoms with Crippen LogP contribution in [0.1, 0.15) is 49.9 Å². The molecule has 0 saturated carbocycles. The van der Waals surface area contributed by atoms with E-state index in [1.165, 1.54) is 12.8 Å². The van der Waals surface area contributed by atoms with Crippen LogP contribution in [0.25, 0.3) is 0 Å². The Morgan fingerprint density at radius 3 is 2.08 bits per heavy atom. The van der Waals surface area contributed by atoms with Crippen molar-refractivity contribution < 1.29 is 14.3 Å². The first kappa shape index (κ1) is 18.7. The topological polar surface area (TPSA) is 61.9 Å². The van der Waals surface area contributed by atoms with Gasteiger partial charge in [0, 0.05) is 37.4 Å². The molecule has 2 unspecified atom stereocenters. The van der Waals surface area contributed by atoms with Crippen LogP contribution in [0.3, 0.4) is 0 Å². The highest BCUT2D eigenvalue weighted by Crippen LogP contribution is 2.17. The maximum Gasteiger partial charge on any atom is 0.322 e. The van der Waals surface area contributed by atoms with Crippen LogP contribution in [0.4, 0.5) is 10.5 Å². The van der Waals surface area contributed by atoms with Gasteiger partial charge in [0.2, 0.25) is 0 Å². The fourth-order valence-electron chi connectivity index (χ4n) is 3.70. The van der Waals surface area contributed by atoms with Gasteiger partial charge in [-0.15, -0.1) is 0 Å². The first-order valence-electron chi connectivity index (χ1n) is 9.63. The van der Waals surface area contributed by atoms with Crippen LogP contribution in [0.5, 0.6) is 0 Å². The zero-order valence-corrected chi connectivity index (χ0v) is 15.7. The molecule has 0 radical (unpaired) electrons. The molecule has 2 aliphatic heterocycles. The standard InChI is InChI=1S/C20H29N3O3/c1-15-13-23(14-16(2)26-15)20(25)21-18-9-7-17(8-10-18)19(24)22-11-5-3-4-6-12-22/h7-10,15-16H,3-6,11-14H2,1-2H3,(H,21,25). The zero-order valence-electron chi connectivity index (χ0n) is 15.7. The number of ether oxygens (including phenoxy) is 1. The minimum Gasteiger partial charge on any atom is -0.372 e. The number of amides is 3. The Balaban J connectivity index is 1.58. The van der Waals surface area contributed by atoms with Crippen LogP contribution in [0, 0.1) is 0 Å².